The number of aliphatic carboxylic acids is 1. The van der Waals surface area contributed by atoms with E-state index in [4.69, 9.17) is 9.84 Å². The minimum atomic E-state index is -1.04. The van der Waals surface area contributed by atoms with Crippen LogP contribution in [-0.2, 0) is 17.6 Å². The lowest BCUT2D eigenvalue weighted by Gasteiger charge is -2.11. The highest BCUT2D eigenvalue weighted by Crippen LogP contribution is 2.18. The summed E-state index contributed by atoms with van der Waals surface area (Å²) in [6.07, 6.45) is 1.64. The molecule has 0 fully saturated rings. The fourth-order valence-electron chi connectivity index (χ4n) is 2.86. The molecule has 0 aliphatic carbocycles. The molecule has 0 saturated heterocycles. The van der Waals surface area contributed by atoms with Gasteiger partial charge in [-0.15, -0.1) is 0 Å². The van der Waals surface area contributed by atoms with Gasteiger partial charge in [-0.3, -0.25) is 4.79 Å². The van der Waals surface area contributed by atoms with Crippen LogP contribution in [0.1, 0.15) is 21.5 Å². The monoisotopic (exact) mass is 375 g/mol. The van der Waals surface area contributed by atoms with Crippen LogP contribution in [0.4, 0.5) is 5.69 Å². The average Bonchev–Trinajstić information content (AvgIpc) is 2.72. The number of carbonyl (C=O) groups excluding carboxylic acids is 1. The minimum absolute atomic E-state index is 0.178. The van der Waals surface area contributed by atoms with Crippen molar-refractivity contribution in [2.45, 2.75) is 12.8 Å². The number of aryl methyl sites for hydroxylation is 2. The number of carboxylic acid groups (broad SMARTS) is 1. The molecule has 3 aromatic rings. The molecule has 0 atom stereocenters. The summed E-state index contributed by atoms with van der Waals surface area (Å²) in [7, 11) is 0. The van der Waals surface area contributed by atoms with Gasteiger partial charge in [0.25, 0.3) is 5.91 Å². The number of benzene rings is 3. The molecule has 0 aliphatic heterocycles. The zero-order valence-electron chi connectivity index (χ0n) is 15.3. The van der Waals surface area contributed by atoms with Crippen molar-refractivity contribution in [1.29, 1.82) is 0 Å². The van der Waals surface area contributed by atoms with Gasteiger partial charge in [-0.05, 0) is 54.3 Å². The van der Waals surface area contributed by atoms with E-state index in [0.717, 1.165) is 18.4 Å². The molecular formula is C23H21NO4. The highest BCUT2D eigenvalue weighted by Gasteiger charge is 2.11. The van der Waals surface area contributed by atoms with Gasteiger partial charge in [-0.1, -0.05) is 48.5 Å². The van der Waals surface area contributed by atoms with E-state index in [-0.39, 0.29) is 5.91 Å². The number of ether oxygens (including phenoxy) is 1. The summed E-state index contributed by atoms with van der Waals surface area (Å²) in [6.45, 7) is -0.402. The second kappa shape index (κ2) is 9.37. The van der Waals surface area contributed by atoms with Gasteiger partial charge in [-0.2, -0.15) is 0 Å². The molecule has 1 amide bonds. The quantitative estimate of drug-likeness (QED) is 0.619. The molecule has 0 aliphatic rings. The van der Waals surface area contributed by atoms with Crippen molar-refractivity contribution in [2.24, 2.45) is 0 Å². The topological polar surface area (TPSA) is 75.6 Å². The molecule has 0 spiro atoms. The van der Waals surface area contributed by atoms with Crippen molar-refractivity contribution in [1.82, 2.24) is 0 Å². The minimum Gasteiger partial charge on any atom is -0.482 e. The van der Waals surface area contributed by atoms with Gasteiger partial charge in [0.1, 0.15) is 5.75 Å². The second-order valence-electron chi connectivity index (χ2n) is 6.30. The number of anilines is 1. The molecule has 142 valence electrons. The summed E-state index contributed by atoms with van der Waals surface area (Å²) in [5.41, 5.74) is 3.48. The molecule has 2 N–H and O–H groups in total. The Morgan fingerprint density at radius 3 is 2.21 bits per heavy atom. The Hall–Kier alpha value is -3.60. The van der Waals surface area contributed by atoms with Gasteiger partial charge in [0.05, 0.1) is 0 Å². The van der Waals surface area contributed by atoms with Crippen molar-refractivity contribution in [3.8, 4) is 5.75 Å². The Morgan fingerprint density at radius 1 is 0.821 bits per heavy atom. The van der Waals surface area contributed by atoms with E-state index in [1.165, 1.54) is 5.56 Å². The Bertz CT molecular complexity index is 936. The molecule has 0 radical (unpaired) electrons. The third-order valence-electron chi connectivity index (χ3n) is 4.26. The van der Waals surface area contributed by atoms with Crippen molar-refractivity contribution in [2.75, 3.05) is 11.9 Å². The molecule has 5 nitrogen and oxygen atoms in total. The number of hydrogen-bond donors (Lipinski definition) is 2. The van der Waals surface area contributed by atoms with Gasteiger partial charge in [-0.25, -0.2) is 4.79 Å². The van der Waals surface area contributed by atoms with Gasteiger partial charge < -0.3 is 15.2 Å². The standard InChI is InChI=1S/C23H21NO4/c25-22(26)16-28-20-14-12-19(13-15-20)24-23(27)21-9-5-4-8-18(21)11-10-17-6-2-1-3-7-17/h1-9,12-15H,10-11,16H2,(H,24,27)(H,25,26). The van der Waals surface area contributed by atoms with Crippen molar-refractivity contribution in [3.05, 3.63) is 95.6 Å². The molecule has 0 saturated carbocycles. The third kappa shape index (κ3) is 5.45. The predicted octanol–water partition coefficient (Wildman–Crippen LogP) is 4.19. The van der Waals surface area contributed by atoms with Crippen LogP contribution in [0.2, 0.25) is 0 Å². The summed E-state index contributed by atoms with van der Waals surface area (Å²) < 4.78 is 5.09. The van der Waals surface area contributed by atoms with Gasteiger partial charge in [0.15, 0.2) is 6.61 Å². The van der Waals surface area contributed by atoms with E-state index in [1.54, 1.807) is 24.3 Å². The van der Waals surface area contributed by atoms with E-state index in [2.05, 4.69) is 17.4 Å². The highest BCUT2D eigenvalue weighted by molar-refractivity contribution is 6.05. The Balaban J connectivity index is 1.65. The third-order valence-corrected chi connectivity index (χ3v) is 4.26. The Kier molecular flexibility index (Phi) is 6.41. The van der Waals surface area contributed by atoms with E-state index in [9.17, 15) is 9.59 Å². The number of nitrogens with one attached hydrogen (secondary N) is 1. The first-order chi connectivity index (χ1) is 13.6. The Labute approximate surface area is 163 Å². The number of amides is 1. The van der Waals surface area contributed by atoms with Crippen LogP contribution in [-0.4, -0.2) is 23.6 Å². The maximum Gasteiger partial charge on any atom is 0.341 e. The summed E-state index contributed by atoms with van der Waals surface area (Å²) in [6, 6.07) is 24.4. The largest absolute Gasteiger partial charge is 0.482 e. The van der Waals surface area contributed by atoms with Crippen molar-refractivity contribution < 1.29 is 19.4 Å². The fraction of sp³-hybridized carbons (Fsp3) is 0.130. The van der Waals surface area contributed by atoms with E-state index >= 15 is 0 Å². The van der Waals surface area contributed by atoms with Gasteiger partial charge in [0.2, 0.25) is 0 Å². The van der Waals surface area contributed by atoms with E-state index in [0.29, 0.717) is 17.0 Å². The van der Waals surface area contributed by atoms with Crippen molar-refractivity contribution in [3.63, 3.8) is 0 Å². The number of carbonyl (C=O) groups is 2. The lowest BCUT2D eigenvalue weighted by Crippen LogP contribution is -2.14. The second-order valence-corrected chi connectivity index (χ2v) is 6.30. The Morgan fingerprint density at radius 2 is 1.50 bits per heavy atom. The maximum atomic E-state index is 12.7. The van der Waals surface area contributed by atoms with Crippen LogP contribution in [0.15, 0.2) is 78.9 Å². The predicted molar refractivity (Wildman–Crippen MR) is 108 cm³/mol. The normalized spacial score (nSPS) is 10.3. The van der Waals surface area contributed by atoms with E-state index in [1.807, 2.05) is 42.5 Å². The SMILES string of the molecule is O=C(O)COc1ccc(NC(=O)c2ccccc2CCc2ccccc2)cc1. The molecule has 0 bridgehead atoms. The average molecular weight is 375 g/mol. The van der Waals surface area contributed by atoms with Crippen LogP contribution in [0.5, 0.6) is 5.75 Å². The first-order valence-corrected chi connectivity index (χ1v) is 8.99. The molecule has 0 aromatic heterocycles. The van der Waals surface area contributed by atoms with Crippen LogP contribution < -0.4 is 10.1 Å². The number of rotatable bonds is 8. The summed E-state index contributed by atoms with van der Waals surface area (Å²) in [5, 5.41) is 11.5. The maximum absolute atomic E-state index is 12.7. The molecule has 28 heavy (non-hydrogen) atoms. The smallest absolute Gasteiger partial charge is 0.341 e. The van der Waals surface area contributed by atoms with Crippen LogP contribution >= 0.6 is 0 Å². The zero-order chi connectivity index (χ0) is 19.8. The lowest BCUT2D eigenvalue weighted by atomic mass is 9.99. The van der Waals surface area contributed by atoms with Crippen LogP contribution in [0.3, 0.4) is 0 Å². The fourth-order valence-corrected chi connectivity index (χ4v) is 2.86. The van der Waals surface area contributed by atoms with Crippen LogP contribution in [0, 0.1) is 0 Å². The first-order valence-electron chi connectivity index (χ1n) is 8.99. The molecule has 3 rings (SSSR count). The summed E-state index contributed by atoms with van der Waals surface area (Å²) in [4.78, 5) is 23.3. The van der Waals surface area contributed by atoms with Gasteiger partial charge in [0, 0.05) is 11.3 Å². The zero-order valence-corrected chi connectivity index (χ0v) is 15.3. The molecular weight excluding hydrogens is 354 g/mol. The number of carboxylic acids is 1. The first kappa shape index (κ1) is 19.2. The molecule has 0 unspecified atom stereocenters. The molecule has 5 heteroatoms. The molecule has 0 heterocycles. The summed E-state index contributed by atoms with van der Waals surface area (Å²) >= 11 is 0. The summed E-state index contributed by atoms with van der Waals surface area (Å²) in [5.74, 6) is -0.781. The van der Waals surface area contributed by atoms with Crippen LogP contribution in [0.25, 0.3) is 0 Å². The van der Waals surface area contributed by atoms with Gasteiger partial charge >= 0.3 is 5.97 Å². The lowest BCUT2D eigenvalue weighted by molar-refractivity contribution is -0.139. The van der Waals surface area contributed by atoms with E-state index < -0.39 is 12.6 Å². The van der Waals surface area contributed by atoms with Crippen molar-refractivity contribution >= 4 is 17.6 Å². The highest BCUT2D eigenvalue weighted by atomic mass is 16.5. The molecule has 3 aromatic carbocycles. The number of hydrogen-bond acceptors (Lipinski definition) is 3.